The Hall–Kier alpha value is -2.63. The van der Waals surface area contributed by atoms with E-state index in [4.69, 9.17) is 0 Å². The molecule has 2 fully saturated rings. The number of likely N-dealkylation sites (tertiary alicyclic amines) is 1. The number of aromatic hydroxyl groups is 1. The van der Waals surface area contributed by atoms with Gasteiger partial charge in [-0.25, -0.2) is 0 Å². The molecule has 2 heterocycles. The SMILES string of the molecule is C=CCN1C2CCC1CN(C(c1ccc(C(=O)N(C)C)cc1)c1cccc(O)c1)CC2. The average Bonchev–Trinajstić information content (AvgIpc) is 3.03. The van der Waals surface area contributed by atoms with Crippen LogP contribution < -0.4 is 0 Å². The van der Waals surface area contributed by atoms with Crippen LogP contribution in [0.4, 0.5) is 0 Å². The van der Waals surface area contributed by atoms with E-state index in [1.807, 2.05) is 30.3 Å². The summed E-state index contributed by atoms with van der Waals surface area (Å²) in [6.45, 7) is 6.90. The summed E-state index contributed by atoms with van der Waals surface area (Å²) < 4.78 is 0. The quantitative estimate of drug-likeness (QED) is 0.722. The van der Waals surface area contributed by atoms with Crippen LogP contribution in [0.1, 0.15) is 46.8 Å². The molecule has 5 nitrogen and oxygen atoms in total. The number of benzene rings is 2. The Morgan fingerprint density at radius 2 is 1.87 bits per heavy atom. The Morgan fingerprint density at radius 3 is 2.55 bits per heavy atom. The van der Waals surface area contributed by atoms with Crippen LogP contribution >= 0.6 is 0 Å². The zero-order chi connectivity index (χ0) is 22.0. The van der Waals surface area contributed by atoms with Crippen LogP contribution in [-0.2, 0) is 0 Å². The Kier molecular flexibility index (Phi) is 6.44. The molecule has 31 heavy (non-hydrogen) atoms. The maximum absolute atomic E-state index is 12.3. The van der Waals surface area contributed by atoms with Crippen LogP contribution in [0.25, 0.3) is 0 Å². The van der Waals surface area contributed by atoms with E-state index < -0.39 is 0 Å². The number of phenols is 1. The predicted octanol–water partition coefficient (Wildman–Crippen LogP) is 3.91. The van der Waals surface area contributed by atoms with Crippen molar-refractivity contribution in [2.24, 2.45) is 0 Å². The van der Waals surface area contributed by atoms with Gasteiger partial charge in [-0.1, -0.05) is 30.3 Å². The number of hydrogen-bond acceptors (Lipinski definition) is 4. The van der Waals surface area contributed by atoms with Crippen molar-refractivity contribution in [3.8, 4) is 5.75 Å². The molecule has 5 heteroatoms. The average molecular weight is 420 g/mol. The summed E-state index contributed by atoms with van der Waals surface area (Å²) in [4.78, 5) is 19.1. The lowest BCUT2D eigenvalue weighted by Gasteiger charge is -2.34. The maximum atomic E-state index is 12.3. The summed E-state index contributed by atoms with van der Waals surface area (Å²) in [5.74, 6) is 0.291. The number of hydrogen-bond donors (Lipinski definition) is 1. The zero-order valence-corrected chi connectivity index (χ0v) is 18.6. The van der Waals surface area contributed by atoms with Crippen molar-refractivity contribution in [3.63, 3.8) is 0 Å². The molecule has 0 radical (unpaired) electrons. The lowest BCUT2D eigenvalue weighted by atomic mass is 9.94. The first-order valence-corrected chi connectivity index (χ1v) is 11.2. The molecular formula is C26H33N3O2. The summed E-state index contributed by atoms with van der Waals surface area (Å²) in [5.41, 5.74) is 2.92. The second-order valence-corrected chi connectivity index (χ2v) is 8.97. The second kappa shape index (κ2) is 9.25. The first-order chi connectivity index (χ1) is 15.0. The van der Waals surface area contributed by atoms with E-state index in [0.29, 0.717) is 17.6 Å². The number of rotatable bonds is 6. The zero-order valence-electron chi connectivity index (χ0n) is 18.6. The normalized spacial score (nSPS) is 22.6. The van der Waals surface area contributed by atoms with Gasteiger partial charge in [0.1, 0.15) is 5.75 Å². The highest BCUT2D eigenvalue weighted by Crippen LogP contribution is 2.37. The Labute approximate surface area is 185 Å². The Balaban J connectivity index is 1.67. The van der Waals surface area contributed by atoms with Crippen LogP contribution in [0.5, 0.6) is 5.75 Å². The molecule has 2 bridgehead atoms. The third-order valence-electron chi connectivity index (χ3n) is 6.74. The molecule has 2 aromatic carbocycles. The minimum absolute atomic E-state index is 0.00704. The van der Waals surface area contributed by atoms with E-state index in [-0.39, 0.29) is 17.7 Å². The van der Waals surface area contributed by atoms with Crippen LogP contribution in [-0.4, -0.2) is 71.5 Å². The van der Waals surface area contributed by atoms with Gasteiger partial charge in [0.25, 0.3) is 5.91 Å². The smallest absolute Gasteiger partial charge is 0.253 e. The Bertz CT molecular complexity index is 925. The number of carbonyl (C=O) groups is 1. The van der Waals surface area contributed by atoms with E-state index in [2.05, 4.69) is 34.6 Å². The maximum Gasteiger partial charge on any atom is 0.253 e. The van der Waals surface area contributed by atoms with Crippen molar-refractivity contribution >= 4 is 5.91 Å². The van der Waals surface area contributed by atoms with Gasteiger partial charge in [-0.05, 0) is 54.7 Å². The molecule has 0 aliphatic carbocycles. The third-order valence-corrected chi connectivity index (χ3v) is 6.74. The van der Waals surface area contributed by atoms with Crippen LogP contribution in [0, 0.1) is 0 Å². The first-order valence-electron chi connectivity index (χ1n) is 11.2. The van der Waals surface area contributed by atoms with Gasteiger partial charge >= 0.3 is 0 Å². The molecule has 2 aliphatic heterocycles. The minimum Gasteiger partial charge on any atom is -0.508 e. The van der Waals surface area contributed by atoms with Gasteiger partial charge in [0.15, 0.2) is 0 Å². The minimum atomic E-state index is 0.00704. The fraction of sp³-hybridized carbons (Fsp3) is 0.423. The molecule has 2 aliphatic rings. The molecule has 4 rings (SSSR count). The highest BCUT2D eigenvalue weighted by atomic mass is 16.3. The van der Waals surface area contributed by atoms with Crippen LogP contribution in [0.15, 0.2) is 61.2 Å². The summed E-state index contributed by atoms with van der Waals surface area (Å²) in [7, 11) is 3.54. The summed E-state index contributed by atoms with van der Waals surface area (Å²) in [6.07, 6.45) is 5.65. The first kappa shape index (κ1) is 21.6. The molecule has 164 valence electrons. The summed E-state index contributed by atoms with van der Waals surface area (Å²) in [5, 5.41) is 10.2. The molecule has 2 saturated heterocycles. The van der Waals surface area contributed by atoms with Gasteiger partial charge < -0.3 is 10.0 Å². The molecule has 0 saturated carbocycles. The van der Waals surface area contributed by atoms with Gasteiger partial charge in [0, 0.05) is 51.4 Å². The van der Waals surface area contributed by atoms with Gasteiger partial charge in [-0.2, -0.15) is 0 Å². The van der Waals surface area contributed by atoms with Crippen molar-refractivity contribution in [1.29, 1.82) is 0 Å². The number of nitrogens with zero attached hydrogens (tertiary/aromatic N) is 3. The highest BCUT2D eigenvalue weighted by molar-refractivity contribution is 5.93. The van der Waals surface area contributed by atoms with Crippen molar-refractivity contribution in [3.05, 3.63) is 77.9 Å². The lowest BCUT2D eigenvalue weighted by molar-refractivity contribution is 0.0827. The third kappa shape index (κ3) is 4.53. The van der Waals surface area contributed by atoms with Crippen LogP contribution in [0.2, 0.25) is 0 Å². The van der Waals surface area contributed by atoms with Crippen molar-refractivity contribution < 1.29 is 9.90 Å². The second-order valence-electron chi connectivity index (χ2n) is 8.97. The van der Waals surface area contributed by atoms with E-state index in [9.17, 15) is 9.90 Å². The van der Waals surface area contributed by atoms with Crippen molar-refractivity contribution in [1.82, 2.24) is 14.7 Å². The molecule has 1 N–H and O–H groups in total. The van der Waals surface area contributed by atoms with Crippen molar-refractivity contribution in [2.45, 2.75) is 37.4 Å². The molecule has 3 unspecified atom stereocenters. The lowest BCUT2D eigenvalue weighted by Crippen LogP contribution is -2.40. The topological polar surface area (TPSA) is 47.0 Å². The van der Waals surface area contributed by atoms with Gasteiger partial charge in [0.2, 0.25) is 0 Å². The molecule has 2 aromatic rings. The Morgan fingerprint density at radius 1 is 1.13 bits per heavy atom. The van der Waals surface area contributed by atoms with E-state index >= 15 is 0 Å². The standard InChI is InChI=1S/C26H33N3O2/c1-4-15-29-22-12-13-23(29)18-28(16-14-22)25(21-6-5-7-24(30)17-21)19-8-10-20(11-9-19)26(31)27(2)3/h4-11,17,22-23,25,30H,1,12-16,18H2,2-3H3. The molecule has 1 amide bonds. The van der Waals surface area contributed by atoms with E-state index in [1.54, 1.807) is 25.1 Å². The molecule has 0 spiro atoms. The van der Waals surface area contributed by atoms with E-state index in [1.165, 1.54) is 12.8 Å². The summed E-state index contributed by atoms with van der Waals surface area (Å²) >= 11 is 0. The van der Waals surface area contributed by atoms with Crippen molar-refractivity contribution in [2.75, 3.05) is 33.7 Å². The monoisotopic (exact) mass is 419 g/mol. The van der Waals surface area contributed by atoms with E-state index in [0.717, 1.165) is 37.2 Å². The number of phenolic OH excluding ortho intramolecular Hbond substituents is 1. The predicted molar refractivity (Wildman–Crippen MR) is 124 cm³/mol. The number of carbonyl (C=O) groups excluding carboxylic acids is 1. The molecule has 3 atom stereocenters. The van der Waals surface area contributed by atoms with Crippen LogP contribution in [0.3, 0.4) is 0 Å². The largest absolute Gasteiger partial charge is 0.508 e. The fourth-order valence-corrected chi connectivity index (χ4v) is 5.25. The molecule has 0 aromatic heterocycles. The number of amides is 1. The fourth-order valence-electron chi connectivity index (χ4n) is 5.25. The van der Waals surface area contributed by atoms with Gasteiger partial charge in [-0.15, -0.1) is 6.58 Å². The van der Waals surface area contributed by atoms with Gasteiger partial charge in [-0.3, -0.25) is 14.6 Å². The summed E-state index contributed by atoms with van der Waals surface area (Å²) in [6, 6.07) is 16.8. The molecular weight excluding hydrogens is 386 g/mol. The van der Waals surface area contributed by atoms with Gasteiger partial charge in [0.05, 0.1) is 6.04 Å². The highest BCUT2D eigenvalue weighted by Gasteiger charge is 2.38. The number of fused-ring (bicyclic) bond motifs is 2.